The number of alkyl halides is 3. The Kier molecular flexibility index (Phi) is 5.35. The van der Waals surface area contributed by atoms with Crippen LogP contribution in [0.25, 0.3) is 0 Å². The van der Waals surface area contributed by atoms with Gasteiger partial charge in [0.25, 0.3) is 5.91 Å². The van der Waals surface area contributed by atoms with Crippen molar-refractivity contribution in [3.05, 3.63) is 47.2 Å². The second-order valence-electron chi connectivity index (χ2n) is 10.1. The van der Waals surface area contributed by atoms with Crippen LogP contribution in [0.2, 0.25) is 0 Å². The normalized spacial score (nSPS) is 23.8. The van der Waals surface area contributed by atoms with Gasteiger partial charge >= 0.3 is 6.18 Å². The molecule has 0 spiro atoms. The summed E-state index contributed by atoms with van der Waals surface area (Å²) in [6.45, 7) is 7.80. The monoisotopic (exact) mass is 436 g/mol. The average Bonchev–Trinajstić information content (AvgIpc) is 2.84. The molecule has 2 aliphatic rings. The van der Waals surface area contributed by atoms with Gasteiger partial charge in [-0.3, -0.25) is 14.4 Å². The van der Waals surface area contributed by atoms with Gasteiger partial charge in [-0.25, -0.2) is 0 Å². The standard InChI is InChI=1S/C23H27F3N2O3/c1-20(2,3)18(30)27-22(23(24,25)26)17-15(11-21(4,5)12-16(17)29)28(19(22)31)13-14-9-7-6-8-10-14/h6-10H,11-13H2,1-5H3,(H,27,30)/t22-/m1/s1. The number of ketones is 1. The number of carbonyl (C=O) groups is 3. The van der Waals surface area contributed by atoms with Crippen LogP contribution >= 0.6 is 0 Å². The molecule has 0 fully saturated rings. The van der Waals surface area contributed by atoms with Gasteiger partial charge in [0.15, 0.2) is 5.78 Å². The summed E-state index contributed by atoms with van der Waals surface area (Å²) in [7, 11) is 0. The second kappa shape index (κ2) is 7.21. The summed E-state index contributed by atoms with van der Waals surface area (Å²) >= 11 is 0. The third-order valence-corrected chi connectivity index (χ3v) is 5.71. The summed E-state index contributed by atoms with van der Waals surface area (Å²) in [5.41, 5.74) is -5.16. The molecule has 0 saturated heterocycles. The van der Waals surface area contributed by atoms with Crippen LogP contribution in [0.4, 0.5) is 13.2 Å². The molecule has 1 aromatic carbocycles. The number of nitrogens with zero attached hydrogens (tertiary/aromatic N) is 1. The molecule has 1 N–H and O–H groups in total. The lowest BCUT2D eigenvalue weighted by Gasteiger charge is -2.37. The number of Topliss-reactive ketones (excluding diaryl/α,β-unsaturated/α-hetero) is 1. The van der Waals surface area contributed by atoms with E-state index in [1.807, 2.05) is 5.32 Å². The maximum atomic E-state index is 14.6. The van der Waals surface area contributed by atoms with Gasteiger partial charge in [0.1, 0.15) is 0 Å². The Morgan fingerprint density at radius 2 is 1.65 bits per heavy atom. The summed E-state index contributed by atoms with van der Waals surface area (Å²) in [5, 5.41) is 1.96. The first kappa shape index (κ1) is 23.0. The van der Waals surface area contributed by atoms with E-state index in [2.05, 4.69) is 0 Å². The zero-order valence-corrected chi connectivity index (χ0v) is 18.3. The number of hydrogen-bond acceptors (Lipinski definition) is 3. The number of halogens is 3. The summed E-state index contributed by atoms with van der Waals surface area (Å²) in [5.74, 6) is -3.05. The fourth-order valence-electron chi connectivity index (χ4n) is 4.12. The fourth-order valence-corrected chi connectivity index (χ4v) is 4.12. The molecule has 168 valence electrons. The Bertz CT molecular complexity index is 959. The van der Waals surface area contributed by atoms with Crippen LogP contribution in [0.1, 0.15) is 53.0 Å². The molecule has 1 aliphatic carbocycles. The molecule has 31 heavy (non-hydrogen) atoms. The highest BCUT2D eigenvalue weighted by molar-refractivity contribution is 6.13. The van der Waals surface area contributed by atoms with Gasteiger partial charge < -0.3 is 10.2 Å². The molecule has 1 aromatic rings. The van der Waals surface area contributed by atoms with E-state index in [0.29, 0.717) is 5.56 Å². The van der Waals surface area contributed by atoms with Gasteiger partial charge in [-0.15, -0.1) is 0 Å². The minimum atomic E-state index is -5.19. The summed E-state index contributed by atoms with van der Waals surface area (Å²) in [6.07, 6.45) is -5.20. The van der Waals surface area contributed by atoms with E-state index >= 15 is 0 Å². The van der Waals surface area contributed by atoms with Crippen LogP contribution in [0.5, 0.6) is 0 Å². The van der Waals surface area contributed by atoms with Crippen LogP contribution in [-0.4, -0.2) is 34.2 Å². The SMILES string of the molecule is CC1(C)CC(=O)C2=C(C1)N(Cc1ccccc1)C(=O)[C@@]2(NC(=O)C(C)(C)C)C(F)(F)F. The summed E-state index contributed by atoms with van der Waals surface area (Å²) in [6, 6.07) is 8.60. The number of allylic oxidation sites excluding steroid dienone is 1. The topological polar surface area (TPSA) is 66.5 Å². The Hall–Kier alpha value is -2.64. The Morgan fingerprint density at radius 1 is 1.06 bits per heavy atom. The molecule has 0 aromatic heterocycles. The molecule has 0 unspecified atom stereocenters. The molecule has 0 radical (unpaired) electrons. The lowest BCUT2D eigenvalue weighted by Crippen LogP contribution is -2.67. The first-order valence-electron chi connectivity index (χ1n) is 10.1. The highest BCUT2D eigenvalue weighted by Gasteiger charge is 2.71. The fraction of sp³-hybridized carbons (Fsp3) is 0.522. The maximum Gasteiger partial charge on any atom is 0.425 e. The second-order valence-corrected chi connectivity index (χ2v) is 10.1. The molecule has 1 heterocycles. The first-order chi connectivity index (χ1) is 14.1. The van der Waals surface area contributed by atoms with Crippen molar-refractivity contribution in [1.29, 1.82) is 0 Å². The van der Waals surface area contributed by atoms with E-state index < -0.39 is 45.7 Å². The van der Waals surface area contributed by atoms with E-state index in [1.165, 1.54) is 20.8 Å². The van der Waals surface area contributed by atoms with Crippen molar-refractivity contribution in [3.63, 3.8) is 0 Å². The van der Waals surface area contributed by atoms with Gasteiger partial charge in [-0.05, 0) is 17.4 Å². The lowest BCUT2D eigenvalue weighted by molar-refractivity contribution is -0.195. The van der Waals surface area contributed by atoms with Crippen LogP contribution in [0.3, 0.4) is 0 Å². The molecular formula is C23H27F3N2O3. The molecular weight excluding hydrogens is 409 g/mol. The highest BCUT2D eigenvalue weighted by Crippen LogP contribution is 2.52. The zero-order chi connectivity index (χ0) is 23.4. The van der Waals surface area contributed by atoms with Gasteiger partial charge in [-0.2, -0.15) is 13.2 Å². The van der Waals surface area contributed by atoms with Crippen molar-refractivity contribution < 1.29 is 27.6 Å². The van der Waals surface area contributed by atoms with Crippen molar-refractivity contribution >= 4 is 17.6 Å². The minimum Gasteiger partial charge on any atom is -0.330 e. The van der Waals surface area contributed by atoms with Crippen LogP contribution < -0.4 is 5.32 Å². The molecule has 1 aliphatic heterocycles. The van der Waals surface area contributed by atoms with Gasteiger partial charge in [0.05, 0.1) is 12.1 Å². The van der Waals surface area contributed by atoms with E-state index in [0.717, 1.165) is 4.90 Å². The van der Waals surface area contributed by atoms with Crippen LogP contribution in [0.15, 0.2) is 41.6 Å². The molecule has 5 nitrogen and oxygen atoms in total. The smallest absolute Gasteiger partial charge is 0.330 e. The first-order valence-corrected chi connectivity index (χ1v) is 10.1. The van der Waals surface area contributed by atoms with Crippen LogP contribution in [0, 0.1) is 10.8 Å². The molecule has 3 rings (SSSR count). The van der Waals surface area contributed by atoms with E-state index in [4.69, 9.17) is 0 Å². The summed E-state index contributed by atoms with van der Waals surface area (Å²) < 4.78 is 43.8. The molecule has 2 amide bonds. The van der Waals surface area contributed by atoms with Gasteiger partial charge in [-0.1, -0.05) is 65.0 Å². The predicted molar refractivity (Wildman–Crippen MR) is 108 cm³/mol. The number of hydrogen-bond donors (Lipinski definition) is 1. The van der Waals surface area contributed by atoms with Crippen molar-refractivity contribution in [3.8, 4) is 0 Å². The Morgan fingerprint density at radius 3 is 2.16 bits per heavy atom. The minimum absolute atomic E-state index is 0.0432. The predicted octanol–water partition coefficient (Wildman–Crippen LogP) is 4.14. The number of nitrogens with one attached hydrogen (secondary N) is 1. The van der Waals surface area contributed by atoms with Crippen molar-refractivity contribution in [2.24, 2.45) is 10.8 Å². The highest BCUT2D eigenvalue weighted by atomic mass is 19.4. The maximum absolute atomic E-state index is 14.6. The number of amides is 2. The van der Waals surface area contributed by atoms with Gasteiger partial charge in [0, 0.05) is 17.5 Å². The lowest BCUT2D eigenvalue weighted by atomic mass is 9.72. The molecule has 0 saturated carbocycles. The van der Waals surface area contributed by atoms with E-state index in [1.54, 1.807) is 44.2 Å². The van der Waals surface area contributed by atoms with Crippen LogP contribution in [-0.2, 0) is 20.9 Å². The Balaban J connectivity index is 2.22. The van der Waals surface area contributed by atoms with E-state index in [-0.39, 0.29) is 25.1 Å². The third kappa shape index (κ3) is 3.88. The van der Waals surface area contributed by atoms with Crippen molar-refractivity contribution in [2.45, 2.75) is 65.7 Å². The summed E-state index contributed by atoms with van der Waals surface area (Å²) in [4.78, 5) is 40.2. The largest absolute Gasteiger partial charge is 0.425 e. The van der Waals surface area contributed by atoms with E-state index in [9.17, 15) is 27.6 Å². The van der Waals surface area contributed by atoms with Crippen molar-refractivity contribution in [2.75, 3.05) is 0 Å². The molecule has 1 atom stereocenters. The number of benzene rings is 1. The zero-order valence-electron chi connectivity index (χ0n) is 18.3. The molecule has 8 heteroatoms. The quantitative estimate of drug-likeness (QED) is 0.775. The van der Waals surface area contributed by atoms with Gasteiger partial charge in [0.2, 0.25) is 11.4 Å². The van der Waals surface area contributed by atoms with Crippen molar-refractivity contribution in [1.82, 2.24) is 10.2 Å². The average molecular weight is 436 g/mol. The Labute approximate surface area is 179 Å². The number of carbonyl (C=O) groups excluding carboxylic acids is 3. The third-order valence-electron chi connectivity index (χ3n) is 5.71. The number of rotatable bonds is 3. The molecule has 0 bridgehead atoms.